The van der Waals surface area contributed by atoms with Crippen molar-refractivity contribution in [2.75, 3.05) is 11.6 Å². The minimum atomic E-state index is -0.491. The Morgan fingerprint density at radius 3 is 2.60 bits per heavy atom. The Hall–Kier alpha value is -1.20. The fourth-order valence-corrected chi connectivity index (χ4v) is 1.44. The molecule has 0 aliphatic rings. The lowest BCUT2D eigenvalue weighted by molar-refractivity contribution is -0.402. The number of nitro groups is 1. The summed E-state index contributed by atoms with van der Waals surface area (Å²) in [4.78, 5) is 9.78. The number of halogens is 1. The van der Waals surface area contributed by atoms with Crippen LogP contribution in [0.25, 0.3) is 0 Å². The van der Waals surface area contributed by atoms with E-state index in [-0.39, 0.29) is 0 Å². The molecule has 1 rings (SSSR count). The average Bonchev–Trinajstić information content (AvgIpc) is 2.19. The van der Waals surface area contributed by atoms with Crippen LogP contribution in [0.2, 0.25) is 5.02 Å². The second-order valence-electron chi connectivity index (χ2n) is 2.61. The van der Waals surface area contributed by atoms with Crippen LogP contribution in [0, 0.1) is 10.1 Å². The maximum Gasteiger partial charge on any atom is 0.264 e. The largest absolute Gasteiger partial charge is 0.345 e. The first-order valence-corrected chi connectivity index (χ1v) is 5.64. The molecule has 4 nitrogen and oxygen atoms in total. The van der Waals surface area contributed by atoms with Gasteiger partial charge in [0.25, 0.3) is 6.20 Å². The maximum atomic E-state index is 10.3. The van der Waals surface area contributed by atoms with Crippen LogP contribution in [0.15, 0.2) is 35.5 Å². The standard InChI is InChI=1S/C9H9ClN2O2S/c1-15-9(6-12(13)14)11-8-4-2-7(10)3-5-8/h2-6,11H,1H3/b9-6+. The smallest absolute Gasteiger partial charge is 0.264 e. The number of nitrogens with one attached hydrogen (secondary N) is 1. The molecule has 0 saturated heterocycles. The summed E-state index contributed by atoms with van der Waals surface area (Å²) in [7, 11) is 0. The predicted octanol–water partition coefficient (Wildman–Crippen LogP) is 3.19. The Balaban J connectivity index is 2.75. The van der Waals surface area contributed by atoms with Crippen molar-refractivity contribution in [1.29, 1.82) is 0 Å². The molecule has 0 saturated carbocycles. The lowest BCUT2D eigenvalue weighted by Crippen LogP contribution is -1.98. The number of rotatable bonds is 4. The van der Waals surface area contributed by atoms with E-state index in [4.69, 9.17) is 11.6 Å². The molecule has 0 unspecified atom stereocenters. The van der Waals surface area contributed by atoms with E-state index < -0.39 is 4.92 Å². The molecule has 0 atom stereocenters. The normalized spacial score (nSPS) is 11.2. The van der Waals surface area contributed by atoms with Crippen molar-refractivity contribution in [3.63, 3.8) is 0 Å². The third kappa shape index (κ3) is 4.22. The molecule has 0 spiro atoms. The van der Waals surface area contributed by atoms with Gasteiger partial charge >= 0.3 is 0 Å². The Morgan fingerprint density at radius 1 is 1.53 bits per heavy atom. The summed E-state index contributed by atoms with van der Waals surface area (Å²) >= 11 is 6.98. The first kappa shape index (κ1) is 11.9. The third-order valence-corrected chi connectivity index (χ3v) is 2.45. The molecule has 1 aromatic carbocycles. The Bertz CT molecular complexity index is 378. The molecule has 0 bridgehead atoms. The summed E-state index contributed by atoms with van der Waals surface area (Å²) in [6.07, 6.45) is 2.69. The number of hydrogen-bond acceptors (Lipinski definition) is 4. The lowest BCUT2D eigenvalue weighted by atomic mass is 10.3. The SMILES string of the molecule is CS/C(=C/[N+](=O)[O-])Nc1ccc(Cl)cc1. The summed E-state index contributed by atoms with van der Waals surface area (Å²) in [5, 5.41) is 14.3. The summed E-state index contributed by atoms with van der Waals surface area (Å²) in [5.74, 6) is 0. The van der Waals surface area contributed by atoms with Crippen LogP contribution in [0.3, 0.4) is 0 Å². The molecule has 80 valence electrons. The Kier molecular flexibility index (Phi) is 4.45. The van der Waals surface area contributed by atoms with Crippen molar-refractivity contribution in [2.45, 2.75) is 0 Å². The van der Waals surface area contributed by atoms with Crippen LogP contribution in [-0.4, -0.2) is 11.2 Å². The molecule has 1 N–H and O–H groups in total. The monoisotopic (exact) mass is 244 g/mol. The van der Waals surface area contributed by atoms with Gasteiger partial charge in [0, 0.05) is 10.7 Å². The molecule has 0 radical (unpaired) electrons. The van der Waals surface area contributed by atoms with Gasteiger partial charge in [0.05, 0.1) is 4.92 Å². The molecule has 0 heterocycles. The number of thioether (sulfide) groups is 1. The molecule has 0 amide bonds. The molecule has 15 heavy (non-hydrogen) atoms. The van der Waals surface area contributed by atoms with E-state index in [9.17, 15) is 10.1 Å². The zero-order chi connectivity index (χ0) is 11.3. The van der Waals surface area contributed by atoms with Crippen molar-refractivity contribution in [2.24, 2.45) is 0 Å². The molecule has 1 aromatic rings. The molecular weight excluding hydrogens is 236 g/mol. The first-order chi connectivity index (χ1) is 7.11. The number of nitrogens with zero attached hydrogens (tertiary/aromatic N) is 1. The summed E-state index contributed by atoms with van der Waals surface area (Å²) < 4.78 is 0. The molecule has 0 fully saturated rings. The van der Waals surface area contributed by atoms with E-state index in [0.717, 1.165) is 11.9 Å². The second kappa shape index (κ2) is 5.63. The van der Waals surface area contributed by atoms with E-state index in [2.05, 4.69) is 5.32 Å². The fourth-order valence-electron chi connectivity index (χ4n) is 0.907. The van der Waals surface area contributed by atoms with Crippen molar-refractivity contribution in [1.82, 2.24) is 0 Å². The van der Waals surface area contributed by atoms with E-state index in [1.165, 1.54) is 11.8 Å². The average molecular weight is 245 g/mol. The summed E-state index contributed by atoms with van der Waals surface area (Å²) in [5.41, 5.74) is 0.766. The van der Waals surface area contributed by atoms with Gasteiger partial charge in [0.15, 0.2) is 0 Å². The van der Waals surface area contributed by atoms with Crippen molar-refractivity contribution < 1.29 is 4.92 Å². The van der Waals surface area contributed by atoms with Gasteiger partial charge in [-0.3, -0.25) is 10.1 Å². The van der Waals surface area contributed by atoms with Crippen LogP contribution in [0.4, 0.5) is 5.69 Å². The van der Waals surface area contributed by atoms with Crippen molar-refractivity contribution in [3.05, 3.63) is 50.6 Å². The van der Waals surface area contributed by atoms with Gasteiger partial charge in [-0.1, -0.05) is 11.6 Å². The van der Waals surface area contributed by atoms with Crippen LogP contribution >= 0.6 is 23.4 Å². The minimum Gasteiger partial charge on any atom is -0.345 e. The third-order valence-electron chi connectivity index (χ3n) is 1.55. The highest BCUT2D eigenvalue weighted by Crippen LogP contribution is 2.19. The highest BCUT2D eigenvalue weighted by atomic mass is 35.5. The first-order valence-electron chi connectivity index (χ1n) is 4.03. The van der Waals surface area contributed by atoms with Crippen LogP contribution in [0.1, 0.15) is 0 Å². The quantitative estimate of drug-likeness (QED) is 0.653. The van der Waals surface area contributed by atoms with Gasteiger partial charge < -0.3 is 5.32 Å². The van der Waals surface area contributed by atoms with Gasteiger partial charge in [-0.05, 0) is 30.5 Å². The van der Waals surface area contributed by atoms with Crippen LogP contribution in [0.5, 0.6) is 0 Å². The van der Waals surface area contributed by atoms with Gasteiger partial charge in [0.1, 0.15) is 5.03 Å². The number of benzene rings is 1. The van der Waals surface area contributed by atoms with E-state index in [1.807, 2.05) is 0 Å². The van der Waals surface area contributed by atoms with E-state index in [0.29, 0.717) is 10.1 Å². The van der Waals surface area contributed by atoms with Gasteiger partial charge in [-0.15, -0.1) is 11.8 Å². The zero-order valence-electron chi connectivity index (χ0n) is 7.94. The molecule has 6 heteroatoms. The van der Waals surface area contributed by atoms with Crippen LogP contribution in [-0.2, 0) is 0 Å². The molecule has 0 aliphatic carbocycles. The predicted molar refractivity (Wildman–Crippen MR) is 63.7 cm³/mol. The number of hydrogen-bond donors (Lipinski definition) is 1. The lowest BCUT2D eigenvalue weighted by Gasteiger charge is -2.05. The maximum absolute atomic E-state index is 10.3. The highest BCUT2D eigenvalue weighted by Gasteiger charge is 2.01. The second-order valence-corrected chi connectivity index (χ2v) is 3.90. The highest BCUT2D eigenvalue weighted by molar-refractivity contribution is 8.02. The summed E-state index contributed by atoms with van der Waals surface area (Å²) in [6.45, 7) is 0. The van der Waals surface area contributed by atoms with Gasteiger partial charge in [0.2, 0.25) is 0 Å². The van der Waals surface area contributed by atoms with Gasteiger partial charge in [-0.25, -0.2) is 0 Å². The Morgan fingerprint density at radius 2 is 2.13 bits per heavy atom. The van der Waals surface area contributed by atoms with Gasteiger partial charge in [-0.2, -0.15) is 0 Å². The van der Waals surface area contributed by atoms with Crippen molar-refractivity contribution >= 4 is 29.1 Å². The Labute approximate surface area is 96.5 Å². The van der Waals surface area contributed by atoms with E-state index >= 15 is 0 Å². The molecular formula is C9H9ClN2O2S. The minimum absolute atomic E-state index is 0.474. The molecule has 0 aliphatic heterocycles. The molecule has 0 aromatic heterocycles. The topological polar surface area (TPSA) is 55.2 Å². The fraction of sp³-hybridized carbons (Fsp3) is 0.111. The zero-order valence-corrected chi connectivity index (χ0v) is 9.51. The van der Waals surface area contributed by atoms with Crippen LogP contribution < -0.4 is 5.32 Å². The van der Waals surface area contributed by atoms with E-state index in [1.54, 1.807) is 30.5 Å². The van der Waals surface area contributed by atoms with Crippen molar-refractivity contribution in [3.8, 4) is 0 Å². The summed E-state index contributed by atoms with van der Waals surface area (Å²) in [6, 6.07) is 6.95. The number of anilines is 1.